The molecule has 0 aromatic rings. The van der Waals surface area contributed by atoms with E-state index in [4.69, 9.17) is 10.5 Å². The highest BCUT2D eigenvalue weighted by molar-refractivity contribution is 5.76. The summed E-state index contributed by atoms with van der Waals surface area (Å²) >= 11 is 0. The van der Waals surface area contributed by atoms with Gasteiger partial charge in [0.25, 0.3) is 0 Å². The first-order valence-electron chi connectivity index (χ1n) is 7.35. The summed E-state index contributed by atoms with van der Waals surface area (Å²) < 4.78 is 5.79. The van der Waals surface area contributed by atoms with E-state index in [1.807, 2.05) is 6.92 Å². The number of morpholine rings is 1. The zero-order chi connectivity index (χ0) is 13.0. The molecule has 0 bridgehead atoms. The smallest absolute Gasteiger partial charge is 0.222 e. The second-order valence-electron chi connectivity index (χ2n) is 5.72. The summed E-state index contributed by atoms with van der Waals surface area (Å²) in [7, 11) is 0. The Balaban J connectivity index is 1.84. The van der Waals surface area contributed by atoms with E-state index in [9.17, 15) is 4.79 Å². The van der Waals surface area contributed by atoms with Gasteiger partial charge in [-0.15, -0.1) is 0 Å². The molecule has 1 aliphatic carbocycles. The maximum atomic E-state index is 12.3. The minimum Gasteiger partial charge on any atom is -0.374 e. The Morgan fingerprint density at radius 3 is 3.00 bits per heavy atom. The van der Waals surface area contributed by atoms with Gasteiger partial charge in [-0.2, -0.15) is 0 Å². The van der Waals surface area contributed by atoms with Gasteiger partial charge in [0.1, 0.15) is 0 Å². The van der Waals surface area contributed by atoms with Crippen LogP contribution < -0.4 is 5.73 Å². The fourth-order valence-corrected chi connectivity index (χ4v) is 3.12. The molecule has 1 aliphatic heterocycles. The fraction of sp³-hybridized carbons (Fsp3) is 0.929. The topological polar surface area (TPSA) is 55.6 Å². The largest absolute Gasteiger partial charge is 0.374 e. The van der Waals surface area contributed by atoms with Gasteiger partial charge in [0, 0.05) is 19.0 Å². The first kappa shape index (κ1) is 13.8. The summed E-state index contributed by atoms with van der Waals surface area (Å²) in [4.78, 5) is 14.3. The zero-order valence-electron chi connectivity index (χ0n) is 11.4. The second-order valence-corrected chi connectivity index (χ2v) is 5.72. The number of amides is 1. The molecule has 1 saturated heterocycles. The quantitative estimate of drug-likeness (QED) is 0.830. The number of nitrogens with zero attached hydrogens (tertiary/aromatic N) is 1. The fourth-order valence-electron chi connectivity index (χ4n) is 3.12. The van der Waals surface area contributed by atoms with Crippen LogP contribution in [0.5, 0.6) is 0 Å². The molecule has 2 rings (SSSR count). The molecule has 1 heterocycles. The first-order chi connectivity index (χ1) is 8.68. The van der Waals surface area contributed by atoms with Crippen LogP contribution in [0.3, 0.4) is 0 Å². The highest BCUT2D eigenvalue weighted by Gasteiger charge is 2.36. The van der Waals surface area contributed by atoms with Gasteiger partial charge in [-0.05, 0) is 32.6 Å². The molecular formula is C14H26N2O2. The van der Waals surface area contributed by atoms with Crippen LogP contribution in [0.2, 0.25) is 0 Å². The molecule has 0 aromatic heterocycles. The third kappa shape index (κ3) is 3.45. The monoisotopic (exact) mass is 254 g/mol. The minimum atomic E-state index is 0.199. The minimum absolute atomic E-state index is 0.199. The molecule has 0 radical (unpaired) electrons. The molecule has 3 unspecified atom stereocenters. The van der Waals surface area contributed by atoms with Crippen LogP contribution in [0, 0.1) is 0 Å². The molecule has 4 heteroatoms. The SMILES string of the molecule is CC(N)CCCC(=O)N1CCOC2CCCCC21. The number of hydrogen-bond donors (Lipinski definition) is 1. The molecule has 4 nitrogen and oxygen atoms in total. The predicted octanol–water partition coefficient (Wildman–Crippen LogP) is 1.67. The average Bonchev–Trinajstić information content (AvgIpc) is 2.37. The summed E-state index contributed by atoms with van der Waals surface area (Å²) in [6.07, 6.45) is 7.49. The van der Waals surface area contributed by atoms with E-state index >= 15 is 0 Å². The number of carbonyl (C=O) groups is 1. The number of rotatable bonds is 4. The van der Waals surface area contributed by atoms with E-state index in [0.717, 1.165) is 32.2 Å². The van der Waals surface area contributed by atoms with Gasteiger partial charge in [0.2, 0.25) is 5.91 Å². The number of carbonyl (C=O) groups excluding carboxylic acids is 1. The summed E-state index contributed by atoms with van der Waals surface area (Å²) in [6, 6.07) is 0.542. The van der Waals surface area contributed by atoms with Crippen molar-refractivity contribution in [2.75, 3.05) is 13.2 Å². The van der Waals surface area contributed by atoms with E-state index in [-0.39, 0.29) is 6.04 Å². The second kappa shape index (κ2) is 6.53. The van der Waals surface area contributed by atoms with E-state index < -0.39 is 0 Å². The number of fused-ring (bicyclic) bond motifs is 1. The predicted molar refractivity (Wildman–Crippen MR) is 71.2 cm³/mol. The summed E-state index contributed by atoms with van der Waals surface area (Å²) in [6.45, 7) is 3.48. The van der Waals surface area contributed by atoms with Gasteiger partial charge in [-0.25, -0.2) is 0 Å². The first-order valence-corrected chi connectivity index (χ1v) is 7.35. The lowest BCUT2D eigenvalue weighted by atomic mass is 9.90. The molecular weight excluding hydrogens is 228 g/mol. The van der Waals surface area contributed by atoms with Crippen molar-refractivity contribution < 1.29 is 9.53 Å². The summed E-state index contributed by atoms with van der Waals surface area (Å²) in [5, 5.41) is 0. The standard InChI is InChI=1S/C14H26N2O2/c1-11(15)5-4-8-14(17)16-9-10-18-13-7-3-2-6-12(13)16/h11-13H,2-10,15H2,1H3. The van der Waals surface area contributed by atoms with Crippen LogP contribution >= 0.6 is 0 Å². The number of ether oxygens (including phenoxy) is 1. The maximum absolute atomic E-state index is 12.3. The van der Waals surface area contributed by atoms with Crippen molar-refractivity contribution >= 4 is 5.91 Å². The Labute approximate surface area is 110 Å². The van der Waals surface area contributed by atoms with Crippen molar-refractivity contribution in [1.29, 1.82) is 0 Å². The van der Waals surface area contributed by atoms with Crippen LogP contribution in [0.4, 0.5) is 0 Å². The van der Waals surface area contributed by atoms with Gasteiger partial charge in [-0.1, -0.05) is 12.8 Å². The van der Waals surface area contributed by atoms with E-state index in [2.05, 4.69) is 4.90 Å². The summed E-state index contributed by atoms with van der Waals surface area (Å²) in [5.41, 5.74) is 5.72. The van der Waals surface area contributed by atoms with Crippen molar-refractivity contribution in [3.63, 3.8) is 0 Å². The maximum Gasteiger partial charge on any atom is 0.222 e. The van der Waals surface area contributed by atoms with E-state index in [0.29, 0.717) is 31.1 Å². The molecule has 104 valence electrons. The van der Waals surface area contributed by atoms with Gasteiger partial charge < -0.3 is 15.4 Å². The lowest BCUT2D eigenvalue weighted by Gasteiger charge is -2.43. The molecule has 1 saturated carbocycles. The van der Waals surface area contributed by atoms with Crippen LogP contribution in [0.1, 0.15) is 51.9 Å². The molecule has 2 N–H and O–H groups in total. The van der Waals surface area contributed by atoms with Crippen LogP contribution in [0.25, 0.3) is 0 Å². The van der Waals surface area contributed by atoms with E-state index in [1.54, 1.807) is 0 Å². The molecule has 1 amide bonds. The number of hydrogen-bond acceptors (Lipinski definition) is 3. The lowest BCUT2D eigenvalue weighted by molar-refractivity contribution is -0.149. The molecule has 0 aromatic carbocycles. The molecule has 2 fully saturated rings. The number of nitrogens with two attached hydrogens (primary N) is 1. The molecule has 3 atom stereocenters. The Kier molecular flexibility index (Phi) is 5.01. The van der Waals surface area contributed by atoms with E-state index in [1.165, 1.54) is 12.8 Å². The Bertz CT molecular complexity index is 279. The Morgan fingerprint density at radius 2 is 2.22 bits per heavy atom. The lowest BCUT2D eigenvalue weighted by Crippen LogP contribution is -2.54. The zero-order valence-corrected chi connectivity index (χ0v) is 11.4. The third-order valence-corrected chi connectivity index (χ3v) is 4.10. The highest BCUT2D eigenvalue weighted by Crippen LogP contribution is 2.28. The normalized spacial score (nSPS) is 29.8. The van der Waals surface area contributed by atoms with Gasteiger partial charge in [0.05, 0.1) is 18.8 Å². The molecule has 18 heavy (non-hydrogen) atoms. The Morgan fingerprint density at radius 1 is 1.44 bits per heavy atom. The van der Waals surface area contributed by atoms with Gasteiger partial charge in [0.15, 0.2) is 0 Å². The van der Waals surface area contributed by atoms with Gasteiger partial charge in [-0.3, -0.25) is 4.79 Å². The van der Waals surface area contributed by atoms with Crippen molar-refractivity contribution in [2.24, 2.45) is 5.73 Å². The van der Waals surface area contributed by atoms with Crippen LogP contribution in [-0.4, -0.2) is 42.1 Å². The van der Waals surface area contributed by atoms with Crippen LogP contribution in [0.15, 0.2) is 0 Å². The Hall–Kier alpha value is -0.610. The van der Waals surface area contributed by atoms with Gasteiger partial charge >= 0.3 is 0 Å². The van der Waals surface area contributed by atoms with Crippen molar-refractivity contribution in [3.05, 3.63) is 0 Å². The third-order valence-electron chi connectivity index (χ3n) is 4.10. The summed E-state index contributed by atoms with van der Waals surface area (Å²) in [5.74, 6) is 0.302. The van der Waals surface area contributed by atoms with Crippen LogP contribution in [-0.2, 0) is 9.53 Å². The molecule has 2 aliphatic rings. The van der Waals surface area contributed by atoms with Crippen molar-refractivity contribution in [3.8, 4) is 0 Å². The average molecular weight is 254 g/mol. The molecule has 0 spiro atoms. The highest BCUT2D eigenvalue weighted by atomic mass is 16.5. The van der Waals surface area contributed by atoms with Crippen molar-refractivity contribution in [1.82, 2.24) is 4.90 Å². The van der Waals surface area contributed by atoms with Crippen molar-refractivity contribution in [2.45, 2.75) is 70.1 Å².